The quantitative estimate of drug-likeness (QED) is 0.875. The maximum Gasteiger partial charge on any atom is 0.410 e. The predicted octanol–water partition coefficient (Wildman–Crippen LogP) is 1.99. The van der Waals surface area contributed by atoms with Gasteiger partial charge in [0.25, 0.3) is 0 Å². The molecule has 3 heterocycles. The SMILES string of the molecule is O=C1OC[C@@H](c2ccsc2)N1C1CCNCC1. The van der Waals surface area contributed by atoms with Gasteiger partial charge in [-0.15, -0.1) is 0 Å². The average molecular weight is 252 g/mol. The lowest BCUT2D eigenvalue weighted by molar-refractivity contribution is 0.134. The molecule has 0 saturated carbocycles. The molecule has 1 aromatic rings. The Labute approximate surface area is 105 Å². The van der Waals surface area contributed by atoms with Crippen LogP contribution >= 0.6 is 11.3 Å². The molecule has 1 amide bonds. The van der Waals surface area contributed by atoms with Crippen molar-refractivity contribution in [1.82, 2.24) is 10.2 Å². The molecule has 2 saturated heterocycles. The fourth-order valence-corrected chi connectivity index (χ4v) is 3.35. The normalized spacial score (nSPS) is 26.2. The fraction of sp³-hybridized carbons (Fsp3) is 0.583. The van der Waals surface area contributed by atoms with Gasteiger partial charge < -0.3 is 10.1 Å². The van der Waals surface area contributed by atoms with E-state index in [2.05, 4.69) is 22.1 Å². The van der Waals surface area contributed by atoms with Crippen LogP contribution in [0, 0.1) is 0 Å². The van der Waals surface area contributed by atoms with Gasteiger partial charge in [-0.05, 0) is 48.3 Å². The van der Waals surface area contributed by atoms with E-state index in [0.717, 1.165) is 25.9 Å². The van der Waals surface area contributed by atoms with E-state index in [1.165, 1.54) is 5.56 Å². The zero-order valence-corrected chi connectivity index (χ0v) is 10.4. The van der Waals surface area contributed by atoms with Crippen molar-refractivity contribution in [3.05, 3.63) is 22.4 Å². The number of hydrogen-bond donors (Lipinski definition) is 1. The van der Waals surface area contributed by atoms with Crippen molar-refractivity contribution in [3.8, 4) is 0 Å². The zero-order chi connectivity index (χ0) is 11.7. The topological polar surface area (TPSA) is 41.6 Å². The molecule has 1 N–H and O–H groups in total. The minimum atomic E-state index is -0.145. The largest absolute Gasteiger partial charge is 0.447 e. The molecule has 0 unspecified atom stereocenters. The third kappa shape index (κ3) is 2.05. The molecule has 2 aliphatic rings. The van der Waals surface area contributed by atoms with Gasteiger partial charge in [-0.25, -0.2) is 4.79 Å². The minimum absolute atomic E-state index is 0.122. The molecule has 17 heavy (non-hydrogen) atoms. The number of amides is 1. The monoisotopic (exact) mass is 252 g/mol. The van der Waals surface area contributed by atoms with E-state index in [4.69, 9.17) is 4.74 Å². The number of hydrogen-bond acceptors (Lipinski definition) is 4. The van der Waals surface area contributed by atoms with Crippen molar-refractivity contribution in [2.24, 2.45) is 0 Å². The highest BCUT2D eigenvalue weighted by atomic mass is 32.1. The summed E-state index contributed by atoms with van der Waals surface area (Å²) in [6.07, 6.45) is 1.90. The van der Waals surface area contributed by atoms with E-state index in [9.17, 15) is 4.79 Å². The van der Waals surface area contributed by atoms with Crippen molar-refractivity contribution in [3.63, 3.8) is 0 Å². The molecular weight excluding hydrogens is 236 g/mol. The summed E-state index contributed by atoms with van der Waals surface area (Å²) >= 11 is 1.67. The molecule has 1 aromatic heterocycles. The Morgan fingerprint density at radius 3 is 2.94 bits per heavy atom. The van der Waals surface area contributed by atoms with Gasteiger partial charge in [0.1, 0.15) is 6.61 Å². The smallest absolute Gasteiger partial charge is 0.410 e. The standard InChI is InChI=1S/C12H16N2O2S/c15-12-14(10-1-4-13-5-2-10)11(7-16-12)9-3-6-17-8-9/h3,6,8,10-11,13H,1-2,4-5,7H2/t11-/m0/s1. The lowest BCUT2D eigenvalue weighted by Gasteiger charge is -2.33. The molecule has 1 atom stereocenters. The molecule has 2 fully saturated rings. The first-order chi connectivity index (χ1) is 8.36. The van der Waals surface area contributed by atoms with Crippen molar-refractivity contribution in [2.75, 3.05) is 19.7 Å². The van der Waals surface area contributed by atoms with Crippen LogP contribution in [0.1, 0.15) is 24.4 Å². The molecule has 2 aliphatic heterocycles. The van der Waals surface area contributed by atoms with Crippen molar-refractivity contribution < 1.29 is 9.53 Å². The Morgan fingerprint density at radius 2 is 2.24 bits per heavy atom. The highest BCUT2D eigenvalue weighted by Crippen LogP contribution is 2.33. The van der Waals surface area contributed by atoms with Gasteiger partial charge in [0.05, 0.1) is 6.04 Å². The maximum absolute atomic E-state index is 11.9. The summed E-state index contributed by atoms with van der Waals surface area (Å²) in [5.41, 5.74) is 1.21. The number of carbonyl (C=O) groups excluding carboxylic acids is 1. The number of ether oxygens (including phenoxy) is 1. The van der Waals surface area contributed by atoms with Crippen LogP contribution in [-0.4, -0.2) is 36.7 Å². The summed E-state index contributed by atoms with van der Waals surface area (Å²) in [6.45, 7) is 2.48. The number of nitrogens with zero attached hydrogens (tertiary/aromatic N) is 1. The van der Waals surface area contributed by atoms with Gasteiger partial charge >= 0.3 is 6.09 Å². The molecule has 4 nitrogen and oxygen atoms in total. The van der Waals surface area contributed by atoms with Gasteiger partial charge in [0, 0.05) is 6.04 Å². The Morgan fingerprint density at radius 1 is 1.41 bits per heavy atom. The molecule has 0 spiro atoms. The molecule has 5 heteroatoms. The third-order valence-corrected chi connectivity index (χ3v) is 4.24. The number of carbonyl (C=O) groups is 1. The average Bonchev–Trinajstić information content (AvgIpc) is 2.98. The second-order valence-electron chi connectivity index (χ2n) is 4.54. The van der Waals surface area contributed by atoms with Gasteiger partial charge in [-0.1, -0.05) is 0 Å². The molecule has 0 radical (unpaired) electrons. The van der Waals surface area contributed by atoms with Crippen LogP contribution in [0.2, 0.25) is 0 Å². The van der Waals surface area contributed by atoms with Gasteiger partial charge in [-0.3, -0.25) is 4.90 Å². The Kier molecular flexibility index (Phi) is 3.03. The summed E-state index contributed by atoms with van der Waals surface area (Å²) in [6, 6.07) is 2.54. The van der Waals surface area contributed by atoms with E-state index in [0.29, 0.717) is 12.6 Å². The third-order valence-electron chi connectivity index (χ3n) is 3.54. The van der Waals surface area contributed by atoms with Crippen LogP contribution in [0.15, 0.2) is 16.8 Å². The number of rotatable bonds is 2. The van der Waals surface area contributed by atoms with Crippen LogP contribution in [0.5, 0.6) is 0 Å². The highest BCUT2D eigenvalue weighted by Gasteiger charge is 2.39. The van der Waals surface area contributed by atoms with Crippen molar-refractivity contribution in [2.45, 2.75) is 24.9 Å². The van der Waals surface area contributed by atoms with Crippen molar-refractivity contribution in [1.29, 1.82) is 0 Å². The number of thiophene rings is 1. The Bertz CT molecular complexity index is 387. The van der Waals surface area contributed by atoms with Crippen LogP contribution in [-0.2, 0) is 4.74 Å². The van der Waals surface area contributed by atoms with E-state index in [-0.39, 0.29) is 12.1 Å². The first-order valence-electron chi connectivity index (χ1n) is 6.04. The van der Waals surface area contributed by atoms with Crippen LogP contribution in [0.3, 0.4) is 0 Å². The fourth-order valence-electron chi connectivity index (χ4n) is 2.64. The summed E-state index contributed by atoms with van der Waals surface area (Å²) in [4.78, 5) is 13.8. The van der Waals surface area contributed by atoms with Crippen LogP contribution in [0.25, 0.3) is 0 Å². The summed E-state index contributed by atoms with van der Waals surface area (Å²) in [5, 5.41) is 7.49. The van der Waals surface area contributed by atoms with Crippen LogP contribution < -0.4 is 5.32 Å². The van der Waals surface area contributed by atoms with Gasteiger partial charge in [-0.2, -0.15) is 11.3 Å². The Hall–Kier alpha value is -1.07. The van der Waals surface area contributed by atoms with Gasteiger partial charge in [0.15, 0.2) is 0 Å². The van der Waals surface area contributed by atoms with Crippen LogP contribution in [0.4, 0.5) is 4.79 Å². The molecule has 0 bridgehead atoms. The van der Waals surface area contributed by atoms with E-state index >= 15 is 0 Å². The molecule has 92 valence electrons. The lowest BCUT2D eigenvalue weighted by Crippen LogP contribution is -2.44. The lowest BCUT2D eigenvalue weighted by atomic mass is 10.0. The minimum Gasteiger partial charge on any atom is -0.447 e. The molecular formula is C12H16N2O2S. The van der Waals surface area contributed by atoms with Crippen molar-refractivity contribution >= 4 is 17.4 Å². The van der Waals surface area contributed by atoms with E-state index in [1.54, 1.807) is 11.3 Å². The maximum atomic E-state index is 11.9. The zero-order valence-electron chi connectivity index (χ0n) is 9.59. The summed E-state index contributed by atoms with van der Waals surface area (Å²) < 4.78 is 5.23. The second kappa shape index (κ2) is 4.66. The molecule has 0 aliphatic carbocycles. The molecule has 0 aromatic carbocycles. The molecule has 3 rings (SSSR count). The predicted molar refractivity (Wildman–Crippen MR) is 66.1 cm³/mol. The van der Waals surface area contributed by atoms with E-state index < -0.39 is 0 Å². The Balaban J connectivity index is 1.81. The summed E-state index contributed by atoms with van der Waals surface area (Å²) in [7, 11) is 0. The number of piperidine rings is 1. The second-order valence-corrected chi connectivity index (χ2v) is 5.32. The highest BCUT2D eigenvalue weighted by molar-refractivity contribution is 7.07. The van der Waals surface area contributed by atoms with Gasteiger partial charge in [0.2, 0.25) is 0 Å². The van der Waals surface area contributed by atoms with E-state index in [1.807, 2.05) is 4.90 Å². The summed E-state index contributed by atoms with van der Waals surface area (Å²) in [5.74, 6) is 0. The number of nitrogens with one attached hydrogen (secondary N) is 1. The first-order valence-corrected chi connectivity index (χ1v) is 6.98. The number of cyclic esters (lactones) is 1. The first kappa shape index (κ1) is 11.0.